The Labute approximate surface area is 161 Å². The van der Waals surface area contributed by atoms with Crippen molar-refractivity contribution in [3.63, 3.8) is 0 Å². The molecule has 8 nitrogen and oxygen atoms in total. The van der Waals surface area contributed by atoms with Gasteiger partial charge >= 0.3 is 5.76 Å². The molecular weight excluding hydrogens is 360 g/mol. The smallest absolute Gasteiger partial charge is 0.388 e. The minimum absolute atomic E-state index is 0.187. The van der Waals surface area contributed by atoms with Gasteiger partial charge in [0, 0.05) is 18.7 Å². The number of nitrogens with one attached hydrogen (secondary N) is 1. The van der Waals surface area contributed by atoms with Crippen LogP contribution in [0.25, 0.3) is 11.5 Å². The van der Waals surface area contributed by atoms with Crippen LogP contribution in [0, 0.1) is 0 Å². The summed E-state index contributed by atoms with van der Waals surface area (Å²) < 4.78 is 11.6. The van der Waals surface area contributed by atoms with Gasteiger partial charge in [0.15, 0.2) is 0 Å². The van der Waals surface area contributed by atoms with Gasteiger partial charge in [0.1, 0.15) is 6.54 Å². The zero-order valence-electron chi connectivity index (χ0n) is 15.2. The maximum Gasteiger partial charge on any atom is 0.437 e. The maximum absolute atomic E-state index is 12.5. The number of carbonyl (C=O) groups is 1. The van der Waals surface area contributed by atoms with Crippen molar-refractivity contribution in [1.82, 2.24) is 9.78 Å². The first kappa shape index (κ1) is 18.0. The molecule has 0 saturated carbocycles. The van der Waals surface area contributed by atoms with Crippen LogP contribution in [0.15, 0.2) is 63.8 Å². The van der Waals surface area contributed by atoms with Crippen molar-refractivity contribution in [2.45, 2.75) is 6.54 Å². The first-order valence-corrected chi connectivity index (χ1v) is 9.05. The molecule has 0 bridgehead atoms. The van der Waals surface area contributed by atoms with Gasteiger partial charge in [-0.25, -0.2) is 4.79 Å². The van der Waals surface area contributed by atoms with Gasteiger partial charge in [0.25, 0.3) is 0 Å². The first-order chi connectivity index (χ1) is 13.7. The Hall–Kier alpha value is -3.39. The van der Waals surface area contributed by atoms with E-state index in [1.165, 1.54) is 0 Å². The minimum Gasteiger partial charge on any atom is -0.388 e. The van der Waals surface area contributed by atoms with E-state index in [9.17, 15) is 9.59 Å². The fourth-order valence-electron chi connectivity index (χ4n) is 3.09. The van der Waals surface area contributed by atoms with Gasteiger partial charge in [0.2, 0.25) is 11.8 Å². The number of ether oxygens (including phenoxy) is 1. The van der Waals surface area contributed by atoms with Gasteiger partial charge in [-0.15, -0.1) is 5.10 Å². The molecule has 0 radical (unpaired) electrons. The van der Waals surface area contributed by atoms with E-state index in [-0.39, 0.29) is 18.3 Å². The van der Waals surface area contributed by atoms with E-state index in [0.29, 0.717) is 24.5 Å². The van der Waals surface area contributed by atoms with Gasteiger partial charge in [0.05, 0.1) is 24.6 Å². The minimum atomic E-state index is -0.671. The average molecular weight is 380 g/mol. The number of hydrogen-bond donors (Lipinski definition) is 1. The van der Waals surface area contributed by atoms with Gasteiger partial charge < -0.3 is 19.4 Å². The molecular formula is C20H20N4O4. The Balaban J connectivity index is 1.48. The molecule has 3 aromatic rings. The number of amides is 1. The van der Waals surface area contributed by atoms with E-state index in [2.05, 4.69) is 15.3 Å². The molecule has 4 rings (SSSR count). The van der Waals surface area contributed by atoms with E-state index in [1.807, 2.05) is 42.5 Å². The molecule has 144 valence electrons. The third-order valence-corrected chi connectivity index (χ3v) is 4.45. The van der Waals surface area contributed by atoms with Crippen LogP contribution in [-0.4, -0.2) is 42.0 Å². The fourth-order valence-corrected chi connectivity index (χ4v) is 3.09. The van der Waals surface area contributed by atoms with Crippen molar-refractivity contribution < 1.29 is 13.9 Å². The van der Waals surface area contributed by atoms with E-state index < -0.39 is 5.76 Å². The molecule has 2 heterocycles. The molecule has 8 heteroatoms. The van der Waals surface area contributed by atoms with Crippen molar-refractivity contribution in [1.29, 1.82) is 0 Å². The molecule has 28 heavy (non-hydrogen) atoms. The SMILES string of the molecule is O=C(Cn1nc(-c2ccccc2)oc1=O)Nc1ccccc1N1CCOCC1. The molecule has 1 amide bonds. The van der Waals surface area contributed by atoms with Crippen LogP contribution >= 0.6 is 0 Å². The standard InChI is InChI=1S/C20H20N4O4/c25-18(14-24-20(26)28-19(22-24)15-6-2-1-3-7-15)21-16-8-4-5-9-17(16)23-10-12-27-13-11-23/h1-9H,10-14H2,(H,21,25). The second-order valence-electron chi connectivity index (χ2n) is 6.36. The number of benzene rings is 2. The summed E-state index contributed by atoms with van der Waals surface area (Å²) in [4.78, 5) is 26.7. The lowest BCUT2D eigenvalue weighted by Gasteiger charge is -2.30. The summed E-state index contributed by atoms with van der Waals surface area (Å²) in [5.41, 5.74) is 2.29. The Kier molecular flexibility index (Phi) is 5.20. The van der Waals surface area contributed by atoms with Crippen LogP contribution in [0.5, 0.6) is 0 Å². The normalized spacial score (nSPS) is 14.1. The summed E-state index contributed by atoms with van der Waals surface area (Å²) in [6.45, 7) is 2.59. The fraction of sp³-hybridized carbons (Fsp3) is 0.250. The largest absolute Gasteiger partial charge is 0.437 e. The summed E-state index contributed by atoms with van der Waals surface area (Å²) in [5, 5.41) is 6.99. The predicted octanol–water partition coefficient (Wildman–Crippen LogP) is 1.98. The number of rotatable bonds is 5. The lowest BCUT2D eigenvalue weighted by molar-refractivity contribution is -0.117. The Morgan fingerprint density at radius 2 is 1.75 bits per heavy atom. The van der Waals surface area contributed by atoms with Gasteiger partial charge in [-0.3, -0.25) is 4.79 Å². The van der Waals surface area contributed by atoms with Gasteiger partial charge in [-0.1, -0.05) is 30.3 Å². The van der Waals surface area contributed by atoms with E-state index in [4.69, 9.17) is 9.15 Å². The topological polar surface area (TPSA) is 89.6 Å². The number of hydrogen-bond acceptors (Lipinski definition) is 6. The summed E-state index contributed by atoms with van der Waals surface area (Å²) in [6, 6.07) is 16.7. The average Bonchev–Trinajstić information content (AvgIpc) is 3.10. The number of para-hydroxylation sites is 2. The molecule has 0 atom stereocenters. The molecule has 1 fully saturated rings. The summed E-state index contributed by atoms with van der Waals surface area (Å²) in [6.07, 6.45) is 0. The molecule has 2 aromatic carbocycles. The number of morpholine rings is 1. The maximum atomic E-state index is 12.5. The number of aromatic nitrogens is 2. The van der Waals surface area contributed by atoms with Gasteiger partial charge in [-0.05, 0) is 24.3 Å². The van der Waals surface area contributed by atoms with Crippen LogP contribution in [0.4, 0.5) is 11.4 Å². The highest BCUT2D eigenvalue weighted by atomic mass is 16.5. The Bertz CT molecular complexity index is 1010. The summed E-state index contributed by atoms with van der Waals surface area (Å²) >= 11 is 0. The Morgan fingerprint density at radius 1 is 1.04 bits per heavy atom. The van der Waals surface area contributed by atoms with E-state index in [1.54, 1.807) is 12.1 Å². The van der Waals surface area contributed by atoms with Crippen LogP contribution in [-0.2, 0) is 16.1 Å². The molecule has 1 saturated heterocycles. The highest BCUT2D eigenvalue weighted by molar-refractivity contribution is 5.94. The van der Waals surface area contributed by atoms with Crippen molar-refractivity contribution in [3.05, 3.63) is 65.1 Å². The molecule has 1 aromatic heterocycles. The lowest BCUT2D eigenvalue weighted by atomic mass is 10.2. The van der Waals surface area contributed by atoms with Crippen LogP contribution in [0.3, 0.4) is 0 Å². The zero-order valence-corrected chi connectivity index (χ0v) is 15.2. The number of nitrogens with zero attached hydrogens (tertiary/aromatic N) is 3. The molecule has 0 unspecified atom stereocenters. The van der Waals surface area contributed by atoms with Crippen LogP contribution < -0.4 is 16.0 Å². The molecule has 1 aliphatic rings. The van der Waals surface area contributed by atoms with Crippen molar-refractivity contribution in [2.24, 2.45) is 0 Å². The highest BCUT2D eigenvalue weighted by Crippen LogP contribution is 2.26. The molecule has 1 aliphatic heterocycles. The predicted molar refractivity (Wildman–Crippen MR) is 104 cm³/mol. The van der Waals surface area contributed by atoms with Crippen molar-refractivity contribution >= 4 is 17.3 Å². The van der Waals surface area contributed by atoms with Crippen molar-refractivity contribution in [3.8, 4) is 11.5 Å². The van der Waals surface area contributed by atoms with Crippen molar-refractivity contribution in [2.75, 3.05) is 36.5 Å². The monoisotopic (exact) mass is 380 g/mol. The lowest BCUT2D eigenvalue weighted by Crippen LogP contribution is -2.37. The summed E-state index contributed by atoms with van der Waals surface area (Å²) in [7, 11) is 0. The third-order valence-electron chi connectivity index (χ3n) is 4.45. The zero-order chi connectivity index (χ0) is 19.3. The van der Waals surface area contributed by atoms with E-state index >= 15 is 0 Å². The number of anilines is 2. The highest BCUT2D eigenvalue weighted by Gasteiger charge is 2.17. The second kappa shape index (κ2) is 8.10. The van der Waals surface area contributed by atoms with Gasteiger partial charge in [-0.2, -0.15) is 4.68 Å². The number of carbonyl (C=O) groups excluding carboxylic acids is 1. The Morgan fingerprint density at radius 3 is 2.54 bits per heavy atom. The van der Waals surface area contributed by atoms with Crippen LogP contribution in [0.2, 0.25) is 0 Å². The quantitative estimate of drug-likeness (QED) is 0.728. The second-order valence-corrected chi connectivity index (χ2v) is 6.36. The van der Waals surface area contributed by atoms with Crippen LogP contribution in [0.1, 0.15) is 0 Å². The molecule has 0 spiro atoms. The molecule has 0 aliphatic carbocycles. The third kappa shape index (κ3) is 3.96. The van der Waals surface area contributed by atoms with E-state index in [0.717, 1.165) is 23.5 Å². The summed E-state index contributed by atoms with van der Waals surface area (Å²) in [5.74, 6) is -0.835. The first-order valence-electron chi connectivity index (χ1n) is 9.05. The molecule has 1 N–H and O–H groups in total.